The van der Waals surface area contributed by atoms with Crippen molar-refractivity contribution in [3.05, 3.63) is 48.0 Å². The highest BCUT2D eigenvalue weighted by molar-refractivity contribution is 5.13. The highest BCUT2D eigenvalue weighted by Crippen LogP contribution is 2.21. The molecule has 1 N–H and O–H groups in total. The van der Waals surface area contributed by atoms with Crippen molar-refractivity contribution in [3.8, 4) is 0 Å². The first-order valence-corrected chi connectivity index (χ1v) is 6.01. The largest absolute Gasteiger partial charge is 0.392 e. The molecule has 0 saturated heterocycles. The summed E-state index contributed by atoms with van der Waals surface area (Å²) in [6, 6.07) is 10.2. The van der Waals surface area contributed by atoms with Crippen LogP contribution in [0.15, 0.2) is 42.5 Å². The van der Waals surface area contributed by atoms with Gasteiger partial charge in [0, 0.05) is 0 Å². The van der Waals surface area contributed by atoms with Gasteiger partial charge in [-0.15, -0.1) is 0 Å². The Bertz CT molecular complexity index is 328. The summed E-state index contributed by atoms with van der Waals surface area (Å²) in [6.07, 6.45) is 4.70. The molecule has 0 amide bonds. The number of rotatable bonds is 7. The number of benzene rings is 1. The first-order chi connectivity index (χ1) is 8.14. The molecule has 1 aromatic rings. The molecule has 0 aliphatic rings. The molecule has 17 heavy (non-hydrogen) atoms. The zero-order valence-corrected chi connectivity index (χ0v) is 10.7. The summed E-state index contributed by atoms with van der Waals surface area (Å²) in [6.45, 7) is 5.83. The average molecular weight is 234 g/mol. The van der Waals surface area contributed by atoms with Gasteiger partial charge in [-0.2, -0.15) is 0 Å². The maximum absolute atomic E-state index is 8.67. The lowest BCUT2D eigenvalue weighted by molar-refractivity contribution is 0.0526. The predicted molar refractivity (Wildman–Crippen MR) is 70.7 cm³/mol. The maximum atomic E-state index is 8.67. The Morgan fingerprint density at radius 2 is 1.88 bits per heavy atom. The Balaban J connectivity index is 2.27. The molecular weight excluding hydrogens is 212 g/mol. The summed E-state index contributed by atoms with van der Waals surface area (Å²) in [4.78, 5) is 0. The van der Waals surface area contributed by atoms with Crippen LogP contribution in [0.1, 0.15) is 25.8 Å². The van der Waals surface area contributed by atoms with Crippen molar-refractivity contribution in [2.45, 2.75) is 26.9 Å². The van der Waals surface area contributed by atoms with E-state index in [0.717, 1.165) is 13.0 Å². The summed E-state index contributed by atoms with van der Waals surface area (Å²) in [5.74, 6) is 0. The second-order valence-electron chi connectivity index (χ2n) is 5.00. The molecule has 0 bridgehead atoms. The average Bonchev–Trinajstić information content (AvgIpc) is 2.30. The van der Waals surface area contributed by atoms with Crippen LogP contribution in [0.25, 0.3) is 0 Å². The topological polar surface area (TPSA) is 29.5 Å². The van der Waals surface area contributed by atoms with E-state index in [4.69, 9.17) is 9.84 Å². The lowest BCUT2D eigenvalue weighted by Crippen LogP contribution is -2.18. The van der Waals surface area contributed by atoms with Crippen molar-refractivity contribution in [1.82, 2.24) is 0 Å². The third kappa shape index (κ3) is 6.25. The van der Waals surface area contributed by atoms with Gasteiger partial charge in [0.1, 0.15) is 0 Å². The van der Waals surface area contributed by atoms with Crippen molar-refractivity contribution >= 4 is 0 Å². The van der Waals surface area contributed by atoms with Gasteiger partial charge in [-0.25, -0.2) is 0 Å². The molecule has 0 aliphatic heterocycles. The third-order valence-electron chi connectivity index (χ3n) is 2.55. The molecule has 0 atom stereocenters. The normalized spacial score (nSPS) is 12.2. The van der Waals surface area contributed by atoms with Gasteiger partial charge in [0.25, 0.3) is 0 Å². The summed E-state index contributed by atoms with van der Waals surface area (Å²) < 4.78 is 5.72. The third-order valence-corrected chi connectivity index (χ3v) is 2.55. The number of hydrogen-bond donors (Lipinski definition) is 1. The fraction of sp³-hybridized carbons (Fsp3) is 0.467. The van der Waals surface area contributed by atoms with Crippen molar-refractivity contribution in [2.24, 2.45) is 5.41 Å². The minimum Gasteiger partial charge on any atom is -0.392 e. The molecule has 2 heteroatoms. The van der Waals surface area contributed by atoms with E-state index in [1.165, 1.54) is 5.56 Å². The second-order valence-corrected chi connectivity index (χ2v) is 5.00. The van der Waals surface area contributed by atoms with Crippen molar-refractivity contribution < 1.29 is 9.84 Å². The molecule has 2 nitrogen and oxygen atoms in total. The lowest BCUT2D eigenvalue weighted by atomic mass is 9.90. The standard InChI is InChI=1S/C15H22O2/c1-15(2,10-6-7-11-16)13-17-12-14-8-4-3-5-9-14/h3-9,16H,10-13H2,1-2H3/b7-6-. The second kappa shape index (κ2) is 7.25. The molecule has 0 spiro atoms. The van der Waals surface area contributed by atoms with Gasteiger partial charge in [0.15, 0.2) is 0 Å². The van der Waals surface area contributed by atoms with E-state index in [2.05, 4.69) is 26.0 Å². The van der Waals surface area contributed by atoms with Gasteiger partial charge in [0.2, 0.25) is 0 Å². The van der Waals surface area contributed by atoms with Crippen LogP contribution in [0.2, 0.25) is 0 Å². The molecular formula is C15H22O2. The Hall–Kier alpha value is -1.12. The van der Waals surface area contributed by atoms with Crippen molar-refractivity contribution in [1.29, 1.82) is 0 Å². The molecule has 0 heterocycles. The predicted octanol–water partition coefficient (Wildman–Crippen LogP) is 3.17. The first-order valence-electron chi connectivity index (χ1n) is 6.01. The van der Waals surface area contributed by atoms with Crippen LogP contribution in [0.4, 0.5) is 0 Å². The van der Waals surface area contributed by atoms with Crippen molar-refractivity contribution in [2.75, 3.05) is 13.2 Å². The number of allylic oxidation sites excluding steroid dienone is 1. The zero-order valence-electron chi connectivity index (χ0n) is 10.7. The SMILES string of the molecule is CC(C)(C/C=C\CO)COCc1ccccc1. The van der Waals surface area contributed by atoms with Crippen molar-refractivity contribution in [3.63, 3.8) is 0 Å². The van der Waals surface area contributed by atoms with Gasteiger partial charge >= 0.3 is 0 Å². The van der Waals surface area contributed by atoms with Gasteiger partial charge in [-0.3, -0.25) is 0 Å². The minimum atomic E-state index is 0.112. The lowest BCUT2D eigenvalue weighted by Gasteiger charge is -2.22. The van der Waals surface area contributed by atoms with Crippen LogP contribution in [0.3, 0.4) is 0 Å². The van der Waals surface area contributed by atoms with Gasteiger partial charge < -0.3 is 9.84 Å². The molecule has 0 radical (unpaired) electrons. The van der Waals surface area contributed by atoms with Crippen LogP contribution >= 0.6 is 0 Å². The molecule has 0 saturated carbocycles. The number of ether oxygens (including phenoxy) is 1. The number of aliphatic hydroxyl groups excluding tert-OH is 1. The van der Waals surface area contributed by atoms with Crippen LogP contribution in [-0.2, 0) is 11.3 Å². The van der Waals surface area contributed by atoms with Gasteiger partial charge in [-0.05, 0) is 17.4 Å². The van der Waals surface area contributed by atoms with E-state index in [9.17, 15) is 0 Å². The monoisotopic (exact) mass is 234 g/mol. The molecule has 1 aromatic carbocycles. The fourth-order valence-electron chi connectivity index (χ4n) is 1.56. The molecule has 0 aliphatic carbocycles. The molecule has 0 fully saturated rings. The summed E-state index contributed by atoms with van der Waals surface area (Å²) in [5, 5.41) is 8.67. The van der Waals surface area contributed by atoms with Crippen LogP contribution in [-0.4, -0.2) is 18.3 Å². The zero-order chi connectivity index (χ0) is 12.6. The van der Waals surface area contributed by atoms with E-state index in [1.807, 2.05) is 24.3 Å². The van der Waals surface area contributed by atoms with E-state index in [-0.39, 0.29) is 12.0 Å². The summed E-state index contributed by atoms with van der Waals surface area (Å²) in [5.41, 5.74) is 1.31. The molecule has 0 aromatic heterocycles. The molecule has 94 valence electrons. The number of aliphatic hydroxyl groups is 1. The number of hydrogen-bond acceptors (Lipinski definition) is 2. The molecule has 0 unspecified atom stereocenters. The van der Waals surface area contributed by atoms with Gasteiger partial charge in [-0.1, -0.05) is 56.3 Å². The minimum absolute atomic E-state index is 0.112. The van der Waals surface area contributed by atoms with E-state index in [1.54, 1.807) is 6.08 Å². The Labute approximate surface area is 104 Å². The van der Waals surface area contributed by atoms with E-state index < -0.39 is 0 Å². The van der Waals surface area contributed by atoms with Crippen LogP contribution < -0.4 is 0 Å². The summed E-state index contributed by atoms with van der Waals surface area (Å²) >= 11 is 0. The highest BCUT2D eigenvalue weighted by Gasteiger charge is 2.16. The van der Waals surface area contributed by atoms with E-state index >= 15 is 0 Å². The Morgan fingerprint density at radius 3 is 2.53 bits per heavy atom. The van der Waals surface area contributed by atoms with Crippen LogP contribution in [0, 0.1) is 5.41 Å². The maximum Gasteiger partial charge on any atom is 0.0717 e. The van der Waals surface area contributed by atoms with Crippen LogP contribution in [0.5, 0.6) is 0 Å². The van der Waals surface area contributed by atoms with Gasteiger partial charge in [0.05, 0.1) is 19.8 Å². The Morgan fingerprint density at radius 1 is 1.18 bits per heavy atom. The van der Waals surface area contributed by atoms with E-state index in [0.29, 0.717) is 6.61 Å². The quantitative estimate of drug-likeness (QED) is 0.734. The Kier molecular flexibility index (Phi) is 5.95. The highest BCUT2D eigenvalue weighted by atomic mass is 16.5. The smallest absolute Gasteiger partial charge is 0.0717 e. The molecule has 1 rings (SSSR count). The fourth-order valence-corrected chi connectivity index (χ4v) is 1.56. The summed E-state index contributed by atoms with van der Waals surface area (Å²) in [7, 11) is 0. The first kappa shape index (κ1) is 13.9.